The molecular weight excluding hydrogens is 424 g/mol. The monoisotopic (exact) mass is 450 g/mol. The summed E-state index contributed by atoms with van der Waals surface area (Å²) in [5.74, 6) is 1.53. The van der Waals surface area contributed by atoms with Crippen LogP contribution in [0.25, 0.3) is 0 Å². The summed E-state index contributed by atoms with van der Waals surface area (Å²) in [4.78, 5) is 25.1. The van der Waals surface area contributed by atoms with Crippen molar-refractivity contribution in [3.8, 4) is 11.5 Å². The highest BCUT2D eigenvalue weighted by Gasteiger charge is 2.39. The van der Waals surface area contributed by atoms with Gasteiger partial charge in [0.2, 0.25) is 5.91 Å². The topological polar surface area (TPSA) is 75.5 Å². The van der Waals surface area contributed by atoms with E-state index < -0.39 is 5.66 Å². The number of benzene rings is 2. The maximum atomic E-state index is 12.7. The lowest BCUT2D eigenvalue weighted by molar-refractivity contribution is -0.113. The zero-order valence-corrected chi connectivity index (χ0v) is 18.9. The van der Waals surface area contributed by atoms with Crippen LogP contribution in [0.1, 0.15) is 18.4 Å². The summed E-state index contributed by atoms with van der Waals surface area (Å²) in [6.07, 6.45) is 1.79. The Hall–Kier alpha value is -2.84. The number of aliphatic imine (C=N–C) groups is 2. The van der Waals surface area contributed by atoms with Gasteiger partial charge in [0.25, 0.3) is 0 Å². The molecule has 0 bridgehead atoms. The van der Waals surface area contributed by atoms with Gasteiger partial charge in [-0.15, -0.1) is 0 Å². The van der Waals surface area contributed by atoms with Crippen LogP contribution in [0.5, 0.6) is 11.5 Å². The van der Waals surface area contributed by atoms with Crippen molar-refractivity contribution < 1.29 is 14.3 Å². The van der Waals surface area contributed by atoms with E-state index in [2.05, 4.69) is 29.4 Å². The summed E-state index contributed by atoms with van der Waals surface area (Å²) < 4.78 is 11.1. The Labute approximate surface area is 191 Å². The molecule has 0 unspecified atom stereocenters. The van der Waals surface area contributed by atoms with Crippen molar-refractivity contribution in [3.63, 3.8) is 0 Å². The fraction of sp³-hybridized carbons (Fsp3) is 0.375. The molecule has 0 atom stereocenters. The first-order chi connectivity index (χ1) is 15.6. The lowest BCUT2D eigenvalue weighted by Gasteiger charge is -2.33. The van der Waals surface area contributed by atoms with Crippen LogP contribution in [0.4, 0.5) is 5.69 Å². The Morgan fingerprint density at radius 1 is 1.06 bits per heavy atom. The van der Waals surface area contributed by atoms with Gasteiger partial charge in [-0.25, -0.2) is 4.99 Å². The second kappa shape index (κ2) is 8.96. The van der Waals surface area contributed by atoms with Crippen LogP contribution in [-0.2, 0) is 4.79 Å². The predicted molar refractivity (Wildman–Crippen MR) is 128 cm³/mol. The Balaban J connectivity index is 1.28. The zero-order valence-electron chi connectivity index (χ0n) is 18.0. The molecule has 3 heterocycles. The van der Waals surface area contributed by atoms with E-state index in [1.165, 1.54) is 11.8 Å². The number of fused-ring (bicyclic) bond motifs is 1. The maximum absolute atomic E-state index is 12.7. The molecule has 0 aromatic heterocycles. The van der Waals surface area contributed by atoms with E-state index in [4.69, 9.17) is 19.5 Å². The third kappa shape index (κ3) is 4.52. The average Bonchev–Trinajstić information content (AvgIpc) is 3.19. The highest BCUT2D eigenvalue weighted by atomic mass is 32.2. The van der Waals surface area contributed by atoms with Gasteiger partial charge in [-0.05, 0) is 19.2 Å². The number of nitrogens with one attached hydrogen (secondary N) is 1. The normalized spacial score (nSPS) is 19.4. The van der Waals surface area contributed by atoms with Gasteiger partial charge in [0.05, 0.1) is 11.5 Å². The van der Waals surface area contributed by atoms with Crippen molar-refractivity contribution >= 4 is 34.1 Å². The molecule has 7 nitrogen and oxygen atoms in total. The molecule has 8 heteroatoms. The Kier molecular flexibility index (Phi) is 5.89. The largest absolute Gasteiger partial charge is 0.486 e. The highest BCUT2D eigenvalue weighted by Crippen LogP contribution is 2.36. The minimum atomic E-state index is -0.397. The molecule has 3 aliphatic rings. The lowest BCUT2D eigenvalue weighted by Crippen LogP contribution is -2.39. The van der Waals surface area contributed by atoms with Crippen LogP contribution < -0.4 is 14.8 Å². The van der Waals surface area contributed by atoms with Crippen molar-refractivity contribution in [2.75, 3.05) is 44.4 Å². The quantitative estimate of drug-likeness (QED) is 0.772. The van der Waals surface area contributed by atoms with Crippen LogP contribution in [0.15, 0.2) is 58.5 Å². The van der Waals surface area contributed by atoms with Gasteiger partial charge in [0.1, 0.15) is 18.3 Å². The van der Waals surface area contributed by atoms with E-state index in [9.17, 15) is 4.79 Å². The molecule has 166 valence electrons. The van der Waals surface area contributed by atoms with Crippen molar-refractivity contribution in [1.29, 1.82) is 0 Å². The van der Waals surface area contributed by atoms with Crippen LogP contribution in [0, 0.1) is 0 Å². The molecule has 1 N–H and O–H groups in total. The number of hydrogen-bond acceptors (Lipinski definition) is 7. The first-order valence-electron chi connectivity index (χ1n) is 10.9. The molecule has 1 fully saturated rings. The number of rotatable bonds is 4. The van der Waals surface area contributed by atoms with Crippen molar-refractivity contribution in [2.24, 2.45) is 9.98 Å². The molecular formula is C24H26N4O3S. The fourth-order valence-electron chi connectivity index (χ4n) is 4.06. The van der Waals surface area contributed by atoms with E-state index in [1.807, 2.05) is 30.3 Å². The van der Waals surface area contributed by atoms with Gasteiger partial charge in [0.15, 0.2) is 17.2 Å². The molecule has 2 aromatic carbocycles. The smallest absolute Gasteiger partial charge is 0.234 e. The van der Waals surface area contributed by atoms with Crippen molar-refractivity contribution in [2.45, 2.75) is 18.5 Å². The molecule has 2 aromatic rings. The summed E-state index contributed by atoms with van der Waals surface area (Å²) >= 11 is 1.45. The van der Waals surface area contributed by atoms with Crippen LogP contribution in [0.2, 0.25) is 0 Å². The van der Waals surface area contributed by atoms with E-state index in [-0.39, 0.29) is 11.7 Å². The average molecular weight is 451 g/mol. The third-order valence-electron chi connectivity index (χ3n) is 5.83. The number of amides is 1. The number of thioether (sulfide) groups is 1. The second-order valence-electron chi connectivity index (χ2n) is 8.22. The summed E-state index contributed by atoms with van der Waals surface area (Å²) in [5, 5.41) is 3.80. The van der Waals surface area contributed by atoms with E-state index in [1.54, 1.807) is 6.07 Å². The standard InChI is InChI=1S/C24H26N4O3S/c1-28-11-9-24(10-12-28)26-22(17-5-3-2-4-6-17)23(27-24)32-16-21(29)25-18-7-8-19-20(15-18)31-14-13-30-19/h2-8,15H,9-14,16H2,1H3,(H,25,29). The van der Waals surface area contributed by atoms with Gasteiger partial charge in [-0.3, -0.25) is 9.79 Å². The zero-order chi connectivity index (χ0) is 22.0. The molecule has 3 aliphatic heterocycles. The Morgan fingerprint density at radius 3 is 2.59 bits per heavy atom. The number of nitrogens with zero attached hydrogens (tertiary/aromatic N) is 3. The van der Waals surface area contributed by atoms with E-state index in [0.717, 1.165) is 42.3 Å². The second-order valence-corrected chi connectivity index (χ2v) is 9.19. The number of ether oxygens (including phenoxy) is 2. The molecule has 5 rings (SSSR count). The Morgan fingerprint density at radius 2 is 1.81 bits per heavy atom. The number of carbonyl (C=O) groups excluding carboxylic acids is 1. The summed E-state index contributed by atoms with van der Waals surface area (Å²) in [6, 6.07) is 15.6. The molecule has 32 heavy (non-hydrogen) atoms. The van der Waals surface area contributed by atoms with Gasteiger partial charge >= 0.3 is 0 Å². The number of anilines is 1. The van der Waals surface area contributed by atoms with Crippen LogP contribution in [0.3, 0.4) is 0 Å². The Bertz CT molecular complexity index is 1060. The molecule has 1 spiro atoms. The van der Waals surface area contributed by atoms with Gasteiger partial charge in [-0.2, -0.15) is 0 Å². The lowest BCUT2D eigenvalue weighted by atomic mass is 9.99. The molecule has 1 saturated heterocycles. The van der Waals surface area contributed by atoms with Crippen LogP contribution in [-0.4, -0.2) is 66.3 Å². The fourth-order valence-corrected chi connectivity index (χ4v) is 4.93. The van der Waals surface area contributed by atoms with E-state index >= 15 is 0 Å². The molecule has 1 amide bonds. The van der Waals surface area contributed by atoms with Crippen molar-refractivity contribution in [3.05, 3.63) is 54.1 Å². The molecule has 0 aliphatic carbocycles. The summed E-state index contributed by atoms with van der Waals surface area (Å²) in [7, 11) is 2.13. The highest BCUT2D eigenvalue weighted by molar-refractivity contribution is 8.16. The minimum absolute atomic E-state index is 0.0916. The van der Waals surface area contributed by atoms with Gasteiger partial charge < -0.3 is 19.7 Å². The SMILES string of the molecule is CN1CCC2(CC1)N=C(SCC(=O)Nc1ccc3c(c1)OCCO3)C(c1ccccc1)=N2. The van der Waals surface area contributed by atoms with E-state index in [0.29, 0.717) is 30.4 Å². The molecule has 0 saturated carbocycles. The van der Waals surface area contributed by atoms with Gasteiger partial charge in [0, 0.05) is 43.2 Å². The third-order valence-corrected chi connectivity index (χ3v) is 6.80. The number of piperidine rings is 1. The number of carbonyl (C=O) groups is 1. The first-order valence-corrected chi connectivity index (χ1v) is 11.9. The minimum Gasteiger partial charge on any atom is -0.486 e. The maximum Gasteiger partial charge on any atom is 0.234 e. The molecule has 0 radical (unpaired) electrons. The van der Waals surface area contributed by atoms with Crippen molar-refractivity contribution in [1.82, 2.24) is 4.90 Å². The first kappa shape index (κ1) is 21.0. The van der Waals surface area contributed by atoms with Crippen LogP contribution >= 0.6 is 11.8 Å². The summed E-state index contributed by atoms with van der Waals surface area (Å²) in [6.45, 7) is 3.00. The number of hydrogen-bond donors (Lipinski definition) is 1. The van der Waals surface area contributed by atoms with Gasteiger partial charge in [-0.1, -0.05) is 42.1 Å². The number of likely N-dealkylation sites (tertiary alicyclic amines) is 1. The predicted octanol–water partition coefficient (Wildman–Crippen LogP) is 3.45. The summed E-state index contributed by atoms with van der Waals surface area (Å²) in [5.41, 5.74) is 2.23.